The number of fused-ring (bicyclic) bond motifs is 9. The molecule has 4 nitrogen and oxygen atoms in total. The van der Waals surface area contributed by atoms with Crippen LogP contribution in [0.25, 0.3) is 76.7 Å². The summed E-state index contributed by atoms with van der Waals surface area (Å²) in [5.74, 6) is 0. The molecule has 0 fully saturated rings. The molecule has 4 heteroatoms. The summed E-state index contributed by atoms with van der Waals surface area (Å²) in [7, 11) is 0. The van der Waals surface area contributed by atoms with Crippen molar-refractivity contribution in [1.29, 1.82) is 0 Å². The first-order chi connectivity index (χ1) is 20.3. The lowest BCUT2D eigenvalue weighted by Crippen LogP contribution is -2.00. The van der Waals surface area contributed by atoms with Crippen molar-refractivity contribution in [1.82, 2.24) is 9.13 Å². The van der Waals surface area contributed by atoms with E-state index in [0.717, 1.165) is 38.7 Å². The maximum absolute atomic E-state index is 12.6. The quantitative estimate of drug-likeness (QED) is 0.166. The first-order valence-corrected chi connectivity index (χ1v) is 13.7. The summed E-state index contributed by atoms with van der Waals surface area (Å²) < 4.78 is 10.4. The first-order valence-electron chi connectivity index (χ1n) is 13.7. The molecular formula is C37H22N2O2. The van der Waals surface area contributed by atoms with Crippen LogP contribution in [0.15, 0.2) is 143 Å². The average Bonchev–Trinajstić information content (AvgIpc) is 3.52. The van der Waals surface area contributed by atoms with Gasteiger partial charge in [-0.25, -0.2) is 4.79 Å². The van der Waals surface area contributed by atoms with E-state index in [-0.39, 0.29) is 5.63 Å². The topological polar surface area (TPSA) is 40.1 Å². The molecule has 41 heavy (non-hydrogen) atoms. The summed E-state index contributed by atoms with van der Waals surface area (Å²) in [6, 6.07) is 46.2. The maximum Gasteiger partial charge on any atom is 0.344 e. The van der Waals surface area contributed by atoms with Gasteiger partial charge in [-0.1, -0.05) is 72.8 Å². The van der Waals surface area contributed by atoms with Gasteiger partial charge in [0.1, 0.15) is 5.58 Å². The molecule has 0 N–H and O–H groups in total. The number of aromatic nitrogens is 2. The molecule has 0 saturated heterocycles. The van der Waals surface area contributed by atoms with Crippen molar-refractivity contribution in [2.75, 3.05) is 0 Å². The van der Waals surface area contributed by atoms with Crippen molar-refractivity contribution in [2.24, 2.45) is 0 Å². The second-order valence-corrected chi connectivity index (χ2v) is 10.5. The second-order valence-electron chi connectivity index (χ2n) is 10.5. The molecule has 0 bridgehead atoms. The van der Waals surface area contributed by atoms with Crippen LogP contribution in [0.1, 0.15) is 0 Å². The van der Waals surface area contributed by atoms with E-state index in [4.69, 9.17) is 4.42 Å². The third-order valence-corrected chi connectivity index (χ3v) is 8.34. The van der Waals surface area contributed by atoms with Crippen LogP contribution in [0, 0.1) is 0 Å². The fourth-order valence-electron chi connectivity index (χ4n) is 6.57. The molecule has 9 aromatic rings. The number of rotatable bonds is 2. The molecule has 0 amide bonds. The molecule has 3 heterocycles. The van der Waals surface area contributed by atoms with E-state index < -0.39 is 0 Å². The highest BCUT2D eigenvalue weighted by Gasteiger charge is 2.19. The van der Waals surface area contributed by atoms with Crippen molar-refractivity contribution in [2.45, 2.75) is 0 Å². The Morgan fingerprint density at radius 1 is 0.390 bits per heavy atom. The van der Waals surface area contributed by atoms with Gasteiger partial charge in [-0.3, -0.25) is 0 Å². The summed E-state index contributed by atoms with van der Waals surface area (Å²) in [6.07, 6.45) is 0. The van der Waals surface area contributed by atoms with Crippen LogP contribution >= 0.6 is 0 Å². The lowest BCUT2D eigenvalue weighted by Gasteiger charge is -2.11. The molecule has 0 spiro atoms. The van der Waals surface area contributed by atoms with Gasteiger partial charge in [0.05, 0.1) is 27.5 Å². The molecule has 0 radical (unpaired) electrons. The molecule has 9 rings (SSSR count). The molecule has 192 valence electrons. The van der Waals surface area contributed by atoms with Crippen molar-refractivity contribution in [3.05, 3.63) is 144 Å². The van der Waals surface area contributed by atoms with Crippen molar-refractivity contribution >= 4 is 65.4 Å². The molecule has 0 atom stereocenters. The normalized spacial score (nSPS) is 12.0. The van der Waals surface area contributed by atoms with Crippen LogP contribution in [0.4, 0.5) is 0 Å². The fraction of sp³-hybridized carbons (Fsp3) is 0. The van der Waals surface area contributed by atoms with Gasteiger partial charge >= 0.3 is 5.63 Å². The van der Waals surface area contributed by atoms with Gasteiger partial charge < -0.3 is 13.6 Å². The summed E-state index contributed by atoms with van der Waals surface area (Å²) in [4.78, 5) is 12.6. The Kier molecular flexibility index (Phi) is 4.44. The molecule has 0 aliphatic carbocycles. The van der Waals surface area contributed by atoms with Gasteiger partial charge in [0.15, 0.2) is 0 Å². The van der Waals surface area contributed by atoms with Gasteiger partial charge in [-0.15, -0.1) is 0 Å². The third-order valence-electron chi connectivity index (χ3n) is 8.34. The zero-order chi connectivity index (χ0) is 27.1. The molecule has 0 saturated carbocycles. The minimum absolute atomic E-state index is 0.311. The van der Waals surface area contributed by atoms with Crippen LogP contribution in [-0.2, 0) is 0 Å². The molecule has 0 aliphatic heterocycles. The van der Waals surface area contributed by atoms with E-state index in [0.29, 0.717) is 11.0 Å². The minimum atomic E-state index is -0.311. The van der Waals surface area contributed by atoms with Gasteiger partial charge in [0, 0.05) is 38.3 Å². The van der Waals surface area contributed by atoms with E-state index >= 15 is 0 Å². The van der Waals surface area contributed by atoms with Crippen LogP contribution < -0.4 is 5.63 Å². The van der Waals surface area contributed by atoms with E-state index in [9.17, 15) is 4.79 Å². The van der Waals surface area contributed by atoms with Gasteiger partial charge in [-0.2, -0.15) is 0 Å². The van der Waals surface area contributed by atoms with Gasteiger partial charge in [0.25, 0.3) is 0 Å². The third kappa shape index (κ3) is 3.07. The van der Waals surface area contributed by atoms with Crippen LogP contribution in [0.5, 0.6) is 0 Å². The van der Waals surface area contributed by atoms with E-state index in [2.05, 4.69) is 106 Å². The molecule has 6 aromatic carbocycles. The van der Waals surface area contributed by atoms with E-state index in [1.807, 2.05) is 36.4 Å². The lowest BCUT2D eigenvalue weighted by atomic mass is 10.1. The largest absolute Gasteiger partial charge is 0.422 e. The van der Waals surface area contributed by atoms with E-state index in [1.54, 1.807) is 0 Å². The minimum Gasteiger partial charge on any atom is -0.422 e. The Bertz CT molecular complexity index is 2550. The Morgan fingerprint density at radius 2 is 0.951 bits per heavy atom. The molecular weight excluding hydrogens is 504 g/mol. The first kappa shape index (κ1) is 22.2. The second kappa shape index (κ2) is 8.20. The lowest BCUT2D eigenvalue weighted by molar-refractivity contribution is 0.569. The predicted molar refractivity (Wildman–Crippen MR) is 169 cm³/mol. The Hall–Kier alpha value is -5.61. The smallest absolute Gasteiger partial charge is 0.344 e. The van der Waals surface area contributed by atoms with Gasteiger partial charge in [-0.05, 0) is 66.0 Å². The van der Waals surface area contributed by atoms with Crippen molar-refractivity contribution < 1.29 is 4.42 Å². The Morgan fingerprint density at radius 3 is 1.63 bits per heavy atom. The van der Waals surface area contributed by atoms with Crippen LogP contribution in [-0.4, -0.2) is 9.13 Å². The fourth-order valence-corrected chi connectivity index (χ4v) is 6.57. The molecule has 3 aromatic heterocycles. The van der Waals surface area contributed by atoms with Crippen molar-refractivity contribution in [3.63, 3.8) is 0 Å². The summed E-state index contributed by atoms with van der Waals surface area (Å²) in [5.41, 5.74) is 7.03. The summed E-state index contributed by atoms with van der Waals surface area (Å²) in [6.45, 7) is 0. The van der Waals surface area contributed by atoms with E-state index in [1.165, 1.54) is 27.1 Å². The zero-order valence-electron chi connectivity index (χ0n) is 21.9. The highest BCUT2D eigenvalue weighted by atomic mass is 16.4. The average molecular weight is 527 g/mol. The van der Waals surface area contributed by atoms with Crippen molar-refractivity contribution in [3.8, 4) is 11.4 Å². The number of nitrogens with zero attached hydrogens (tertiary/aromatic N) is 2. The number of para-hydroxylation sites is 3. The highest BCUT2D eigenvalue weighted by molar-refractivity contribution is 6.19. The summed E-state index contributed by atoms with van der Waals surface area (Å²) in [5, 5.41) is 7.27. The monoisotopic (exact) mass is 526 g/mol. The van der Waals surface area contributed by atoms with Gasteiger partial charge in [0.2, 0.25) is 0 Å². The predicted octanol–water partition coefficient (Wildman–Crippen LogP) is 9.14. The Balaban J connectivity index is 1.44. The van der Waals surface area contributed by atoms with Crippen LogP contribution in [0.3, 0.4) is 0 Å². The standard InChI is InChI=1S/C37H22N2O2/c40-37-28-15-5-4-12-25(28)31-20-24(18-19-36(31)41-37)39-33-17-9-7-14-27(33)30-21-29-26-13-6-8-16-32(26)38(34(29)22-35(30)39)23-10-2-1-3-11-23/h1-22H. The zero-order valence-corrected chi connectivity index (χ0v) is 21.9. The summed E-state index contributed by atoms with van der Waals surface area (Å²) >= 11 is 0. The number of hydrogen-bond donors (Lipinski definition) is 0. The Labute approximate surface area is 233 Å². The maximum atomic E-state index is 12.6. The number of benzene rings is 6. The SMILES string of the molecule is O=c1oc2ccc(-n3c4ccccc4c4cc5c6ccccc6n(-c6ccccc6)c5cc43)cc2c2ccccc12. The molecule has 0 unspecified atom stereocenters. The van der Waals surface area contributed by atoms with Crippen LogP contribution in [0.2, 0.25) is 0 Å². The number of hydrogen-bond acceptors (Lipinski definition) is 2. The highest BCUT2D eigenvalue weighted by Crippen LogP contribution is 2.40. The molecule has 0 aliphatic rings.